The lowest BCUT2D eigenvalue weighted by molar-refractivity contribution is -0.150. The summed E-state index contributed by atoms with van der Waals surface area (Å²) in [6.45, 7) is 5.50. The summed E-state index contributed by atoms with van der Waals surface area (Å²) in [5, 5.41) is 0. The van der Waals surface area contributed by atoms with Gasteiger partial charge in [-0.05, 0) is 68.5 Å². The number of pyridine rings is 1. The highest BCUT2D eigenvalue weighted by molar-refractivity contribution is 6.09. The van der Waals surface area contributed by atoms with Gasteiger partial charge in [0.2, 0.25) is 0 Å². The van der Waals surface area contributed by atoms with E-state index in [1.807, 2.05) is 57.2 Å². The zero-order chi connectivity index (χ0) is 22.8. The first-order valence-corrected chi connectivity index (χ1v) is 10.9. The van der Waals surface area contributed by atoms with E-state index in [9.17, 15) is 9.59 Å². The molecule has 0 fully saturated rings. The molecule has 1 aliphatic heterocycles. The lowest BCUT2D eigenvalue weighted by atomic mass is 9.69. The number of methoxy groups -OCH3 is 1. The molecule has 1 aromatic heterocycles. The molecule has 0 spiro atoms. The predicted molar refractivity (Wildman–Crippen MR) is 122 cm³/mol. The second-order valence-electron chi connectivity index (χ2n) is 8.64. The molecule has 1 aromatic carbocycles. The summed E-state index contributed by atoms with van der Waals surface area (Å²) < 4.78 is 10.8. The fourth-order valence-corrected chi connectivity index (χ4v) is 4.71. The van der Waals surface area contributed by atoms with Gasteiger partial charge in [0, 0.05) is 41.7 Å². The van der Waals surface area contributed by atoms with Crippen LogP contribution in [0.5, 0.6) is 5.75 Å². The van der Waals surface area contributed by atoms with Crippen molar-refractivity contribution in [2.75, 3.05) is 7.11 Å². The third kappa shape index (κ3) is 4.22. The van der Waals surface area contributed by atoms with Gasteiger partial charge in [0.1, 0.15) is 11.7 Å². The molecule has 1 unspecified atom stereocenters. The number of hydrogen-bond donors (Lipinski definition) is 0. The number of carbonyl (C=O) groups is 2. The molecular formula is C26H28N2O4. The lowest BCUT2D eigenvalue weighted by Gasteiger charge is -2.36. The van der Waals surface area contributed by atoms with E-state index >= 15 is 0 Å². The van der Waals surface area contributed by atoms with Gasteiger partial charge in [0.15, 0.2) is 5.78 Å². The maximum atomic E-state index is 13.5. The third-order valence-corrected chi connectivity index (χ3v) is 6.15. The molecule has 32 heavy (non-hydrogen) atoms. The quantitative estimate of drug-likeness (QED) is 0.645. The second-order valence-corrected chi connectivity index (χ2v) is 8.64. The fraction of sp³-hybridized carbons (Fsp3) is 0.385. The van der Waals surface area contributed by atoms with Gasteiger partial charge in [-0.1, -0.05) is 12.1 Å². The van der Waals surface area contributed by atoms with Crippen LogP contribution in [-0.4, -0.2) is 35.7 Å². The van der Waals surface area contributed by atoms with Crippen LogP contribution in [-0.2, 0) is 14.3 Å². The Morgan fingerprint density at radius 3 is 2.34 bits per heavy atom. The molecule has 2 aliphatic rings. The molecule has 6 nitrogen and oxygen atoms in total. The number of benzene rings is 1. The summed E-state index contributed by atoms with van der Waals surface area (Å²) in [5.74, 6) is -0.527. The van der Waals surface area contributed by atoms with E-state index in [4.69, 9.17) is 14.5 Å². The van der Waals surface area contributed by atoms with Crippen molar-refractivity contribution in [3.8, 4) is 5.75 Å². The minimum absolute atomic E-state index is 0.0347. The number of aromatic nitrogens is 1. The lowest BCUT2D eigenvalue weighted by Crippen LogP contribution is -2.38. The van der Waals surface area contributed by atoms with Crippen molar-refractivity contribution >= 4 is 17.5 Å². The van der Waals surface area contributed by atoms with E-state index in [1.54, 1.807) is 19.5 Å². The average molecular weight is 433 g/mol. The number of aliphatic imine (C=N–C) groups is 1. The fourth-order valence-electron chi connectivity index (χ4n) is 4.71. The summed E-state index contributed by atoms with van der Waals surface area (Å²) in [7, 11) is 1.63. The molecule has 0 saturated heterocycles. The number of carbonyl (C=O) groups excluding carboxylic acids is 2. The summed E-state index contributed by atoms with van der Waals surface area (Å²) in [6, 6.07) is 11.6. The van der Waals surface area contributed by atoms with Crippen LogP contribution in [0.15, 0.2) is 65.1 Å². The van der Waals surface area contributed by atoms with Gasteiger partial charge in [0.05, 0.1) is 13.2 Å². The van der Waals surface area contributed by atoms with Crippen LogP contribution in [0.25, 0.3) is 0 Å². The van der Waals surface area contributed by atoms with Crippen molar-refractivity contribution < 1.29 is 19.1 Å². The molecule has 6 heteroatoms. The number of rotatable bonds is 5. The largest absolute Gasteiger partial charge is 0.497 e. The zero-order valence-corrected chi connectivity index (χ0v) is 18.9. The molecule has 0 radical (unpaired) electrons. The van der Waals surface area contributed by atoms with Crippen molar-refractivity contribution in [3.63, 3.8) is 0 Å². The predicted octanol–water partition coefficient (Wildman–Crippen LogP) is 4.62. The summed E-state index contributed by atoms with van der Waals surface area (Å²) >= 11 is 0. The maximum Gasteiger partial charge on any atom is 0.315 e. The second kappa shape index (κ2) is 9.07. The van der Waals surface area contributed by atoms with Gasteiger partial charge in [-0.2, -0.15) is 0 Å². The van der Waals surface area contributed by atoms with Crippen LogP contribution in [0.3, 0.4) is 0 Å². The van der Waals surface area contributed by atoms with E-state index < -0.39 is 11.8 Å². The van der Waals surface area contributed by atoms with Crippen molar-refractivity contribution in [1.29, 1.82) is 0 Å². The normalized spacial score (nSPS) is 23.0. The highest BCUT2D eigenvalue weighted by atomic mass is 16.5. The Morgan fingerprint density at radius 2 is 1.72 bits per heavy atom. The zero-order valence-electron chi connectivity index (χ0n) is 18.9. The number of allylic oxidation sites excluding steroid dienone is 2. The first kappa shape index (κ1) is 21.9. The first-order chi connectivity index (χ1) is 15.4. The number of hydrogen-bond acceptors (Lipinski definition) is 6. The Balaban J connectivity index is 1.75. The Hall–Kier alpha value is -3.28. The van der Waals surface area contributed by atoms with Gasteiger partial charge in [0.25, 0.3) is 0 Å². The van der Waals surface area contributed by atoms with Crippen molar-refractivity contribution in [2.45, 2.75) is 51.6 Å². The first-order valence-electron chi connectivity index (χ1n) is 10.9. The topological polar surface area (TPSA) is 77.8 Å². The molecule has 2 aromatic rings. The van der Waals surface area contributed by atoms with E-state index in [0.29, 0.717) is 24.1 Å². The molecule has 0 N–H and O–H groups in total. The molecule has 3 atom stereocenters. The Bertz CT molecular complexity index is 1070. The summed E-state index contributed by atoms with van der Waals surface area (Å²) in [6.07, 6.45) is 4.17. The van der Waals surface area contributed by atoms with Crippen molar-refractivity contribution in [2.24, 2.45) is 10.9 Å². The van der Waals surface area contributed by atoms with E-state index in [1.165, 1.54) is 0 Å². The standard InChI is InChI=1S/C26H28N2O4/c1-15(2)32-26(30)23-16(3)28-21-13-19(17-5-7-20(31-4)8-6-17)14-22(29)25(21)24(23)18-9-11-27-12-10-18/h5-12,15,19,23-24H,13-14H2,1-4H3/t19-,23?,24+/m0/s1. The van der Waals surface area contributed by atoms with Gasteiger partial charge < -0.3 is 9.47 Å². The van der Waals surface area contributed by atoms with Gasteiger partial charge >= 0.3 is 5.97 Å². The minimum Gasteiger partial charge on any atom is -0.497 e. The SMILES string of the molecule is COc1ccc([C@@H]2CC(=O)C3=C(C2)N=C(C)C(C(=O)OC(C)C)[C@H]3c2ccncc2)cc1. The van der Waals surface area contributed by atoms with Gasteiger partial charge in [-0.25, -0.2) is 0 Å². The van der Waals surface area contributed by atoms with Crippen LogP contribution < -0.4 is 4.74 Å². The summed E-state index contributed by atoms with van der Waals surface area (Å²) in [5.41, 5.74) is 4.05. The van der Waals surface area contributed by atoms with Crippen molar-refractivity contribution in [3.05, 3.63) is 71.2 Å². The molecule has 0 saturated carbocycles. The molecule has 166 valence electrons. The molecule has 1 aliphatic carbocycles. The van der Waals surface area contributed by atoms with Crippen LogP contribution in [0.2, 0.25) is 0 Å². The van der Waals surface area contributed by atoms with Crippen LogP contribution in [0, 0.1) is 5.92 Å². The summed E-state index contributed by atoms with van der Waals surface area (Å²) in [4.78, 5) is 35.5. The van der Waals surface area contributed by atoms with Crippen molar-refractivity contribution in [1.82, 2.24) is 4.98 Å². The molecule has 0 amide bonds. The van der Waals surface area contributed by atoms with E-state index in [-0.39, 0.29) is 23.8 Å². The highest BCUT2D eigenvalue weighted by Crippen LogP contribution is 2.46. The van der Waals surface area contributed by atoms with Crippen LogP contribution in [0.1, 0.15) is 56.6 Å². The number of ketones is 1. The molecule has 4 rings (SSSR count). The van der Waals surface area contributed by atoms with E-state index in [0.717, 1.165) is 22.6 Å². The maximum absolute atomic E-state index is 13.5. The van der Waals surface area contributed by atoms with Crippen LogP contribution in [0.4, 0.5) is 0 Å². The Morgan fingerprint density at radius 1 is 1.03 bits per heavy atom. The van der Waals surface area contributed by atoms with Gasteiger partial charge in [-0.15, -0.1) is 0 Å². The number of Topliss-reactive ketones (excluding diaryl/α,β-unsaturated/α-hetero) is 1. The Labute approximate surface area is 188 Å². The number of ether oxygens (including phenoxy) is 2. The Kier molecular flexibility index (Phi) is 6.21. The smallest absolute Gasteiger partial charge is 0.315 e. The molecular weight excluding hydrogens is 404 g/mol. The molecule has 0 bridgehead atoms. The van der Waals surface area contributed by atoms with Gasteiger partial charge in [-0.3, -0.25) is 19.6 Å². The number of esters is 1. The number of nitrogens with zero attached hydrogens (tertiary/aromatic N) is 2. The van der Waals surface area contributed by atoms with Crippen LogP contribution >= 0.6 is 0 Å². The minimum atomic E-state index is -0.625. The monoisotopic (exact) mass is 432 g/mol. The third-order valence-electron chi connectivity index (χ3n) is 6.15. The van der Waals surface area contributed by atoms with E-state index in [2.05, 4.69) is 4.98 Å². The highest BCUT2D eigenvalue weighted by Gasteiger charge is 2.44. The average Bonchev–Trinajstić information content (AvgIpc) is 2.78. The molecule has 2 heterocycles.